The highest BCUT2D eigenvalue weighted by Gasteiger charge is 2.64. The molecule has 27 heavy (non-hydrogen) atoms. The molecule has 0 unspecified atom stereocenters. The Hall–Kier alpha value is -1.90. The Bertz CT molecular complexity index is 990. The lowest BCUT2D eigenvalue weighted by Crippen LogP contribution is -2.37. The number of pyridine rings is 2. The van der Waals surface area contributed by atoms with Crippen molar-refractivity contribution in [1.82, 2.24) is 4.98 Å². The van der Waals surface area contributed by atoms with E-state index in [0.29, 0.717) is 23.2 Å². The zero-order valence-corrected chi connectivity index (χ0v) is 16.7. The van der Waals surface area contributed by atoms with Gasteiger partial charge in [0.15, 0.2) is 0 Å². The van der Waals surface area contributed by atoms with Crippen LogP contribution in [-0.4, -0.2) is 4.98 Å². The number of rotatable bonds is 1. The van der Waals surface area contributed by atoms with Gasteiger partial charge in [0.25, 0.3) is 0 Å². The van der Waals surface area contributed by atoms with Gasteiger partial charge in [0.2, 0.25) is 11.4 Å². The Morgan fingerprint density at radius 3 is 2.30 bits per heavy atom. The van der Waals surface area contributed by atoms with E-state index in [-0.39, 0.29) is 5.41 Å². The van der Waals surface area contributed by atoms with Crippen LogP contribution in [0.15, 0.2) is 24.3 Å². The van der Waals surface area contributed by atoms with Crippen LogP contribution in [0.4, 0.5) is 0 Å². The summed E-state index contributed by atoms with van der Waals surface area (Å²) < 4.78 is 1.23. The van der Waals surface area contributed by atoms with Crippen molar-refractivity contribution < 1.29 is 4.73 Å². The molecule has 0 aliphatic heterocycles. The van der Waals surface area contributed by atoms with Crippen molar-refractivity contribution in [3.8, 4) is 11.4 Å². The third-order valence-corrected chi connectivity index (χ3v) is 8.62. The molecule has 2 fully saturated rings. The lowest BCUT2D eigenvalue weighted by atomic mass is 9.94. The molecule has 2 aromatic rings. The first-order valence-corrected chi connectivity index (χ1v) is 10.6. The summed E-state index contributed by atoms with van der Waals surface area (Å²) in [6.45, 7) is 9.37. The Labute approximate surface area is 161 Å². The number of fused-ring (bicyclic) bond motifs is 6. The van der Waals surface area contributed by atoms with Gasteiger partial charge >= 0.3 is 0 Å². The summed E-state index contributed by atoms with van der Waals surface area (Å²) in [7, 11) is 0. The molecule has 0 aromatic carbocycles. The molecule has 0 spiro atoms. The van der Waals surface area contributed by atoms with E-state index in [0.717, 1.165) is 35.8 Å². The zero-order chi connectivity index (χ0) is 18.7. The second-order valence-electron chi connectivity index (χ2n) is 10.6. The van der Waals surface area contributed by atoms with E-state index >= 15 is 0 Å². The van der Waals surface area contributed by atoms with E-state index in [1.165, 1.54) is 34.4 Å². The van der Waals surface area contributed by atoms with Gasteiger partial charge in [0.05, 0.1) is 5.92 Å². The third-order valence-electron chi connectivity index (χ3n) is 8.62. The van der Waals surface area contributed by atoms with Crippen LogP contribution >= 0.6 is 0 Å². The summed E-state index contributed by atoms with van der Waals surface area (Å²) in [5.41, 5.74) is 7.16. The van der Waals surface area contributed by atoms with Crippen LogP contribution in [0.5, 0.6) is 0 Å². The maximum absolute atomic E-state index is 13.4. The van der Waals surface area contributed by atoms with Crippen molar-refractivity contribution in [2.24, 2.45) is 22.7 Å². The molecule has 6 rings (SSSR count). The van der Waals surface area contributed by atoms with Gasteiger partial charge in [-0.1, -0.05) is 33.8 Å². The van der Waals surface area contributed by atoms with Crippen molar-refractivity contribution >= 4 is 0 Å². The maximum Gasteiger partial charge on any atom is 0.242 e. The van der Waals surface area contributed by atoms with Gasteiger partial charge in [-0.15, -0.1) is 0 Å². The molecule has 0 N–H and O–H groups in total. The number of nitrogens with zero attached hydrogens (tertiary/aromatic N) is 2. The summed E-state index contributed by atoms with van der Waals surface area (Å²) in [5, 5.41) is 13.4. The third kappa shape index (κ3) is 1.93. The number of aromatic nitrogens is 2. The SMILES string of the molecule is CC1(C)[C@@H]2CCc3ccc(-c4ccc5c([n+]4[O-])[C@H]4[C@@H](CC5)C4(C)C)nc3[C@@H]21. The molecule has 0 amide bonds. The lowest BCUT2D eigenvalue weighted by Gasteiger charge is -2.18. The predicted octanol–water partition coefficient (Wildman–Crippen LogP) is 4.75. The molecule has 3 heteroatoms. The fraction of sp³-hybridized carbons (Fsp3) is 0.583. The minimum atomic E-state index is 0.268. The first kappa shape index (κ1) is 16.1. The summed E-state index contributed by atoms with van der Waals surface area (Å²) in [4.78, 5) is 5.07. The summed E-state index contributed by atoms with van der Waals surface area (Å²) in [6.07, 6.45) is 4.67. The monoisotopic (exact) mass is 360 g/mol. The average molecular weight is 361 g/mol. The molecule has 140 valence electrons. The van der Waals surface area contributed by atoms with E-state index in [2.05, 4.69) is 45.9 Å². The summed E-state index contributed by atoms with van der Waals surface area (Å²) >= 11 is 0. The van der Waals surface area contributed by atoms with Gasteiger partial charge in [-0.3, -0.25) is 0 Å². The van der Waals surface area contributed by atoms with E-state index < -0.39 is 0 Å². The Morgan fingerprint density at radius 1 is 0.889 bits per heavy atom. The molecule has 2 heterocycles. The van der Waals surface area contributed by atoms with Crippen LogP contribution in [0.25, 0.3) is 11.4 Å². The quantitative estimate of drug-likeness (QED) is 0.544. The average Bonchev–Trinajstić information content (AvgIpc) is 3.43. The Morgan fingerprint density at radius 2 is 1.52 bits per heavy atom. The van der Waals surface area contributed by atoms with E-state index in [1.807, 2.05) is 6.07 Å². The molecule has 2 saturated carbocycles. The van der Waals surface area contributed by atoms with Crippen LogP contribution < -0.4 is 4.73 Å². The molecular weight excluding hydrogens is 332 g/mol. The van der Waals surface area contributed by atoms with Crippen molar-refractivity contribution in [1.29, 1.82) is 0 Å². The largest absolute Gasteiger partial charge is 0.618 e. The molecule has 4 atom stereocenters. The molecule has 2 aromatic heterocycles. The van der Waals surface area contributed by atoms with E-state index in [9.17, 15) is 5.21 Å². The number of hydrogen-bond donors (Lipinski definition) is 0. The standard InChI is InChI=1S/C24H28N2O/c1-23(2)15-9-5-13-7-11-17(25-21(13)19(15)23)18-12-8-14-6-10-16-20(24(16,3)4)22(14)26(18)27/h7-8,11-12,15-16,19-20H,5-6,9-10H2,1-4H3/t15-,16-,19-,20-/m1/s1. The van der Waals surface area contributed by atoms with Crippen molar-refractivity contribution in [2.45, 2.75) is 65.2 Å². The minimum Gasteiger partial charge on any atom is -0.618 e. The Balaban J connectivity index is 1.46. The van der Waals surface area contributed by atoms with Gasteiger partial charge in [-0.25, -0.2) is 4.98 Å². The molecule has 4 aliphatic carbocycles. The zero-order valence-electron chi connectivity index (χ0n) is 16.7. The predicted molar refractivity (Wildman–Crippen MR) is 105 cm³/mol. The van der Waals surface area contributed by atoms with Crippen LogP contribution in [0.2, 0.25) is 0 Å². The van der Waals surface area contributed by atoms with Gasteiger partial charge in [-0.05, 0) is 66.0 Å². The molecule has 4 aliphatic rings. The fourth-order valence-corrected chi connectivity index (χ4v) is 6.72. The molecule has 3 nitrogen and oxygen atoms in total. The van der Waals surface area contributed by atoms with E-state index in [4.69, 9.17) is 4.98 Å². The molecule has 0 saturated heterocycles. The van der Waals surface area contributed by atoms with E-state index in [1.54, 1.807) is 0 Å². The first-order chi connectivity index (χ1) is 12.8. The minimum absolute atomic E-state index is 0.268. The topological polar surface area (TPSA) is 39.8 Å². The van der Waals surface area contributed by atoms with Gasteiger partial charge < -0.3 is 5.21 Å². The normalized spacial score (nSPS) is 33.3. The molecule has 0 bridgehead atoms. The second-order valence-corrected chi connectivity index (χ2v) is 10.6. The van der Waals surface area contributed by atoms with Crippen LogP contribution in [0.3, 0.4) is 0 Å². The highest BCUT2D eigenvalue weighted by Crippen LogP contribution is 2.69. The first-order valence-electron chi connectivity index (χ1n) is 10.6. The molecule has 0 radical (unpaired) electrons. The van der Waals surface area contributed by atoms with Gasteiger partial charge in [0.1, 0.15) is 5.69 Å². The van der Waals surface area contributed by atoms with Crippen molar-refractivity contribution in [2.75, 3.05) is 0 Å². The van der Waals surface area contributed by atoms with Crippen molar-refractivity contribution in [3.63, 3.8) is 0 Å². The maximum atomic E-state index is 13.4. The van der Waals surface area contributed by atoms with Crippen molar-refractivity contribution in [3.05, 3.63) is 52.0 Å². The highest BCUT2D eigenvalue weighted by molar-refractivity contribution is 5.55. The fourth-order valence-electron chi connectivity index (χ4n) is 6.72. The second kappa shape index (κ2) is 4.74. The number of hydrogen-bond acceptors (Lipinski definition) is 2. The smallest absolute Gasteiger partial charge is 0.242 e. The van der Waals surface area contributed by atoms with Crippen LogP contribution in [0.1, 0.15) is 74.9 Å². The van der Waals surface area contributed by atoms with Crippen LogP contribution in [0, 0.1) is 27.9 Å². The van der Waals surface area contributed by atoms with Crippen LogP contribution in [-0.2, 0) is 12.8 Å². The highest BCUT2D eigenvalue weighted by atomic mass is 16.5. The summed E-state index contributed by atoms with van der Waals surface area (Å²) in [6, 6.07) is 8.50. The number of aryl methyl sites for hydroxylation is 2. The lowest BCUT2D eigenvalue weighted by molar-refractivity contribution is -0.604. The van der Waals surface area contributed by atoms with Gasteiger partial charge in [-0.2, -0.15) is 4.73 Å². The molecular formula is C24H28N2O. The van der Waals surface area contributed by atoms with Gasteiger partial charge in [0, 0.05) is 23.2 Å². The Kier molecular flexibility index (Phi) is 2.82. The summed E-state index contributed by atoms with van der Waals surface area (Å²) in [5.74, 6) is 2.43.